The van der Waals surface area contributed by atoms with Crippen LogP contribution in [0.1, 0.15) is 50.0 Å². The lowest BCUT2D eigenvalue weighted by Crippen LogP contribution is -2.39. The van der Waals surface area contributed by atoms with Gasteiger partial charge in [-0.05, 0) is 65.7 Å². The molecule has 4 aliphatic rings. The second-order valence-corrected chi connectivity index (χ2v) is 11.9. The first kappa shape index (κ1) is 26.7. The number of halogens is 2. The number of rotatable bonds is 7. The molecule has 4 atom stereocenters. The number of carboxylic acid groups (broad SMARTS) is 1. The van der Waals surface area contributed by atoms with Gasteiger partial charge in [0, 0.05) is 46.1 Å². The lowest BCUT2D eigenvalue weighted by Gasteiger charge is -2.42. The molecule has 198 valence electrons. The number of benzene rings is 1. The van der Waals surface area contributed by atoms with Gasteiger partial charge in [0.25, 0.3) is 0 Å². The standard InChI is InChI=1S/C28H25Br2NO7/c29-13-5-8-20(32)17(10-13)23-14-6-7-15-24(16(14)11-18-25(23)21(33)12-19(30)26(18)36)28(38)31(27(15)37)9-3-1-2-4-22(34)35/h5-6,8,10,12,15-16,23-24,32H,1-4,7,9,11H2,(H,34,35)/t15-,16+,23+,24-/m0/s1. The van der Waals surface area contributed by atoms with E-state index in [-0.39, 0.29) is 53.0 Å². The molecule has 1 aliphatic heterocycles. The van der Waals surface area contributed by atoms with Gasteiger partial charge in [-0.3, -0.25) is 28.9 Å². The molecular formula is C28H25Br2NO7. The number of carbonyl (C=O) groups is 5. The summed E-state index contributed by atoms with van der Waals surface area (Å²) in [7, 11) is 0. The summed E-state index contributed by atoms with van der Waals surface area (Å²) in [5.74, 6) is -4.51. The number of nitrogens with zero attached hydrogens (tertiary/aromatic N) is 1. The Labute approximate surface area is 235 Å². The van der Waals surface area contributed by atoms with E-state index in [4.69, 9.17) is 5.11 Å². The van der Waals surface area contributed by atoms with Crippen molar-refractivity contribution in [2.45, 2.75) is 44.4 Å². The summed E-state index contributed by atoms with van der Waals surface area (Å²) < 4.78 is 0.839. The van der Waals surface area contributed by atoms with E-state index in [0.29, 0.717) is 46.9 Å². The number of aromatic hydroxyl groups is 1. The van der Waals surface area contributed by atoms with Crippen LogP contribution in [0.15, 0.2) is 56.0 Å². The maximum absolute atomic E-state index is 13.6. The minimum atomic E-state index is -0.878. The third kappa shape index (κ3) is 4.51. The Morgan fingerprint density at radius 2 is 1.79 bits per heavy atom. The fraction of sp³-hybridized carbons (Fsp3) is 0.393. The van der Waals surface area contributed by atoms with Crippen LogP contribution in [0.2, 0.25) is 0 Å². The van der Waals surface area contributed by atoms with E-state index in [9.17, 15) is 29.1 Å². The average Bonchev–Trinajstić information content (AvgIpc) is 3.12. The lowest BCUT2D eigenvalue weighted by molar-refractivity contribution is -0.141. The number of likely N-dealkylation sites (tertiary alicyclic amines) is 1. The van der Waals surface area contributed by atoms with Gasteiger partial charge in [-0.25, -0.2) is 0 Å². The van der Waals surface area contributed by atoms with Crippen LogP contribution >= 0.6 is 31.9 Å². The Kier molecular flexibility index (Phi) is 7.30. The van der Waals surface area contributed by atoms with Crippen molar-refractivity contribution < 1.29 is 34.2 Å². The maximum Gasteiger partial charge on any atom is 0.303 e. The normalized spacial score (nSPS) is 26.6. The zero-order chi connectivity index (χ0) is 27.3. The van der Waals surface area contributed by atoms with E-state index in [0.717, 1.165) is 5.57 Å². The number of imide groups is 1. The third-order valence-corrected chi connectivity index (χ3v) is 9.08. The number of ketones is 2. The van der Waals surface area contributed by atoms with Crippen molar-refractivity contribution >= 4 is 61.2 Å². The van der Waals surface area contributed by atoms with E-state index in [1.54, 1.807) is 12.1 Å². The number of carboxylic acids is 1. The molecule has 5 rings (SSSR count). The number of amides is 2. The van der Waals surface area contributed by atoms with Crippen molar-refractivity contribution in [2.75, 3.05) is 6.54 Å². The molecule has 8 nitrogen and oxygen atoms in total. The summed E-state index contributed by atoms with van der Waals surface area (Å²) in [6, 6.07) is 4.92. The van der Waals surface area contributed by atoms with E-state index in [2.05, 4.69) is 31.9 Å². The van der Waals surface area contributed by atoms with Crippen LogP contribution in [0, 0.1) is 17.8 Å². The zero-order valence-electron chi connectivity index (χ0n) is 20.3. The molecule has 0 unspecified atom stereocenters. The summed E-state index contributed by atoms with van der Waals surface area (Å²) in [6.45, 7) is 0.224. The van der Waals surface area contributed by atoms with Crippen LogP contribution in [0.5, 0.6) is 5.75 Å². The molecular weight excluding hydrogens is 622 g/mol. The van der Waals surface area contributed by atoms with Crippen molar-refractivity contribution in [2.24, 2.45) is 17.8 Å². The Bertz CT molecular complexity index is 1370. The highest BCUT2D eigenvalue weighted by atomic mass is 79.9. The second kappa shape index (κ2) is 10.4. The van der Waals surface area contributed by atoms with Gasteiger partial charge < -0.3 is 10.2 Å². The van der Waals surface area contributed by atoms with Crippen molar-refractivity contribution in [1.29, 1.82) is 0 Å². The Morgan fingerprint density at radius 3 is 2.53 bits per heavy atom. The summed E-state index contributed by atoms with van der Waals surface area (Å²) in [5, 5.41) is 19.6. The number of hydrogen-bond donors (Lipinski definition) is 2. The number of fused-ring (bicyclic) bond motifs is 3. The average molecular weight is 647 g/mol. The predicted octanol–water partition coefficient (Wildman–Crippen LogP) is 4.56. The van der Waals surface area contributed by atoms with Crippen molar-refractivity contribution in [3.8, 4) is 5.75 Å². The van der Waals surface area contributed by atoms with E-state index >= 15 is 0 Å². The van der Waals surface area contributed by atoms with Gasteiger partial charge in [0.05, 0.1) is 16.3 Å². The highest BCUT2D eigenvalue weighted by molar-refractivity contribution is 9.12. The van der Waals surface area contributed by atoms with Crippen molar-refractivity contribution in [1.82, 2.24) is 4.90 Å². The number of carbonyl (C=O) groups excluding carboxylic acids is 4. The first-order chi connectivity index (χ1) is 18.1. The first-order valence-electron chi connectivity index (χ1n) is 12.5. The number of unbranched alkanes of at least 4 members (excludes halogenated alkanes) is 2. The second-order valence-electron chi connectivity index (χ2n) is 10.1. The molecule has 1 saturated heterocycles. The quantitative estimate of drug-likeness (QED) is 0.192. The van der Waals surface area contributed by atoms with Crippen LogP contribution in [-0.4, -0.2) is 51.0 Å². The number of aliphatic carboxylic acids is 1. The van der Waals surface area contributed by atoms with Gasteiger partial charge in [-0.2, -0.15) is 0 Å². The third-order valence-electron chi connectivity index (χ3n) is 8.00. The van der Waals surface area contributed by atoms with Gasteiger partial charge in [0.2, 0.25) is 11.8 Å². The van der Waals surface area contributed by atoms with Crippen LogP contribution in [-0.2, 0) is 24.0 Å². The molecule has 0 bridgehead atoms. The molecule has 2 N–H and O–H groups in total. The summed E-state index contributed by atoms with van der Waals surface area (Å²) in [5.41, 5.74) is 1.85. The van der Waals surface area contributed by atoms with Gasteiger partial charge in [-0.1, -0.05) is 34.0 Å². The Balaban J connectivity index is 1.51. The van der Waals surface area contributed by atoms with E-state index < -0.39 is 29.6 Å². The minimum Gasteiger partial charge on any atom is -0.508 e. The predicted molar refractivity (Wildman–Crippen MR) is 143 cm³/mol. The van der Waals surface area contributed by atoms with E-state index in [1.807, 2.05) is 6.08 Å². The molecule has 3 aliphatic carbocycles. The van der Waals surface area contributed by atoms with Crippen LogP contribution in [0.4, 0.5) is 0 Å². The van der Waals surface area contributed by atoms with Gasteiger partial charge >= 0.3 is 5.97 Å². The molecule has 0 saturated carbocycles. The first-order valence-corrected chi connectivity index (χ1v) is 14.1. The van der Waals surface area contributed by atoms with E-state index in [1.165, 1.54) is 17.0 Å². The lowest BCUT2D eigenvalue weighted by atomic mass is 9.59. The smallest absolute Gasteiger partial charge is 0.303 e. The van der Waals surface area contributed by atoms with Gasteiger partial charge in [0.1, 0.15) is 5.75 Å². The number of Topliss-reactive ketones (excluding diaryl/α,β-unsaturated/α-hetero) is 1. The molecule has 0 radical (unpaired) electrons. The Morgan fingerprint density at radius 1 is 1.03 bits per heavy atom. The molecule has 1 fully saturated rings. The van der Waals surface area contributed by atoms with Gasteiger partial charge in [-0.15, -0.1) is 0 Å². The number of phenols is 1. The zero-order valence-corrected chi connectivity index (χ0v) is 23.5. The van der Waals surface area contributed by atoms with Crippen molar-refractivity contribution in [3.05, 3.63) is 61.6 Å². The molecule has 0 spiro atoms. The summed E-state index contributed by atoms with van der Waals surface area (Å²) >= 11 is 6.64. The van der Waals surface area contributed by atoms with Crippen LogP contribution in [0.3, 0.4) is 0 Å². The topological polar surface area (TPSA) is 129 Å². The van der Waals surface area contributed by atoms with Crippen LogP contribution < -0.4 is 0 Å². The molecule has 10 heteroatoms. The molecule has 38 heavy (non-hydrogen) atoms. The highest BCUT2D eigenvalue weighted by Crippen LogP contribution is 2.56. The minimum absolute atomic E-state index is 0.0283. The number of hydrogen-bond acceptors (Lipinski definition) is 6. The highest BCUT2D eigenvalue weighted by Gasteiger charge is 2.56. The number of phenolic OH excluding ortho intramolecular Hbond substituents is 1. The van der Waals surface area contributed by atoms with Crippen molar-refractivity contribution in [3.63, 3.8) is 0 Å². The largest absolute Gasteiger partial charge is 0.508 e. The molecule has 1 aromatic carbocycles. The monoisotopic (exact) mass is 645 g/mol. The fourth-order valence-electron chi connectivity index (χ4n) is 6.33. The fourth-order valence-corrected chi connectivity index (χ4v) is 7.15. The van der Waals surface area contributed by atoms with Gasteiger partial charge in [0.15, 0.2) is 11.6 Å². The molecule has 1 aromatic rings. The molecule has 1 heterocycles. The number of allylic oxidation sites excluding steroid dienone is 6. The Hall–Kier alpha value is -2.85. The summed E-state index contributed by atoms with van der Waals surface area (Å²) in [4.78, 5) is 65.5. The molecule has 0 aromatic heterocycles. The maximum atomic E-state index is 13.6. The van der Waals surface area contributed by atoms with Crippen LogP contribution in [0.25, 0.3) is 0 Å². The SMILES string of the molecule is O=C(O)CCCCCN1C(=O)[C@H]2[C@H](CC=C3[C@H](c4cc(Br)ccc4O)C4=C(C[C@H]32)C(=O)C(Br)=CC4=O)C1=O. The summed E-state index contributed by atoms with van der Waals surface area (Å²) in [6.07, 6.45) is 5.27. The molecule has 2 amide bonds.